The summed E-state index contributed by atoms with van der Waals surface area (Å²) in [4.78, 5) is 20.9. The molecule has 4 aromatic rings. The molecule has 3 aromatic heterocycles. The topological polar surface area (TPSA) is 94.3 Å². The smallest absolute Gasteiger partial charge is 0.253 e. The van der Waals surface area contributed by atoms with Crippen LogP contribution in [0.25, 0.3) is 27.9 Å². The number of fused-ring (bicyclic) bond motifs is 1. The first-order chi connectivity index (χ1) is 17.7. The van der Waals surface area contributed by atoms with Crippen molar-refractivity contribution >= 4 is 28.2 Å². The molecule has 0 atom stereocenters. The molecule has 0 saturated carbocycles. The van der Waals surface area contributed by atoms with E-state index in [1.165, 1.54) is 17.3 Å². The first-order valence-electron chi connectivity index (χ1n) is 12.4. The van der Waals surface area contributed by atoms with Gasteiger partial charge in [-0.3, -0.25) is 9.69 Å². The van der Waals surface area contributed by atoms with Crippen LogP contribution in [0.5, 0.6) is 0 Å². The van der Waals surface area contributed by atoms with Crippen LogP contribution >= 0.6 is 0 Å². The second-order valence-electron chi connectivity index (χ2n) is 9.91. The van der Waals surface area contributed by atoms with Gasteiger partial charge in [-0.1, -0.05) is 12.1 Å². The highest BCUT2D eigenvalue weighted by Crippen LogP contribution is 2.30. The second kappa shape index (κ2) is 9.71. The van der Waals surface area contributed by atoms with Gasteiger partial charge in [0.25, 0.3) is 5.91 Å². The van der Waals surface area contributed by atoms with Gasteiger partial charge in [0.05, 0.1) is 11.3 Å². The number of pyridine rings is 2. The number of carbonyl (C=O) groups is 1. The monoisotopic (exact) mass is 496 g/mol. The molecule has 8 heteroatoms. The van der Waals surface area contributed by atoms with Gasteiger partial charge in [-0.15, -0.1) is 0 Å². The molecule has 2 N–H and O–H groups in total. The standard InChI is InChI=1S/C29H32N6O2/c1-19-15-21(29(36)32(2)3)5-7-24(19)20-10-13-34(14-11-20)18-23-16-26-25(9-12-31-28(26)33(23)4)27-8-6-22(30)17-35(27)37/h5-10,12,15-17H,11,13-14,18,30H2,1-4H3. The van der Waals surface area contributed by atoms with Gasteiger partial charge in [-0.25, -0.2) is 4.98 Å². The number of amides is 1. The molecule has 0 saturated heterocycles. The summed E-state index contributed by atoms with van der Waals surface area (Å²) in [5, 5.41) is 13.5. The number of nitrogens with two attached hydrogens (primary N) is 1. The molecule has 8 nitrogen and oxygen atoms in total. The summed E-state index contributed by atoms with van der Waals surface area (Å²) < 4.78 is 2.92. The molecule has 37 heavy (non-hydrogen) atoms. The summed E-state index contributed by atoms with van der Waals surface area (Å²) in [6.45, 7) is 4.63. The molecule has 0 fully saturated rings. The molecule has 1 aromatic carbocycles. The number of nitrogen functional groups attached to an aromatic ring is 1. The minimum Gasteiger partial charge on any atom is -0.618 e. The average Bonchev–Trinajstić information content (AvgIpc) is 3.19. The molecule has 4 heterocycles. The van der Waals surface area contributed by atoms with Crippen LogP contribution in [0.15, 0.2) is 60.9 Å². The normalized spacial score (nSPS) is 14.1. The van der Waals surface area contributed by atoms with Crippen molar-refractivity contribution in [1.29, 1.82) is 0 Å². The summed E-state index contributed by atoms with van der Waals surface area (Å²) in [5.41, 5.74) is 14.0. The van der Waals surface area contributed by atoms with E-state index in [4.69, 9.17) is 5.73 Å². The molecule has 0 radical (unpaired) electrons. The van der Waals surface area contributed by atoms with Gasteiger partial charge < -0.3 is 20.4 Å². The molecule has 190 valence electrons. The molecular formula is C29H32N6O2. The highest BCUT2D eigenvalue weighted by atomic mass is 16.5. The largest absolute Gasteiger partial charge is 0.618 e. The first kappa shape index (κ1) is 24.5. The van der Waals surface area contributed by atoms with Crippen molar-refractivity contribution in [2.45, 2.75) is 19.9 Å². The van der Waals surface area contributed by atoms with Gasteiger partial charge in [0, 0.05) is 69.7 Å². The van der Waals surface area contributed by atoms with Crippen molar-refractivity contribution in [3.05, 3.63) is 88.5 Å². The Hall–Kier alpha value is -4.17. The van der Waals surface area contributed by atoms with E-state index < -0.39 is 0 Å². The van der Waals surface area contributed by atoms with Gasteiger partial charge in [0.2, 0.25) is 11.9 Å². The van der Waals surface area contributed by atoms with Crippen molar-refractivity contribution in [3.63, 3.8) is 0 Å². The highest BCUT2D eigenvalue weighted by Gasteiger charge is 2.20. The number of nitrogens with zero attached hydrogens (tertiary/aromatic N) is 5. The van der Waals surface area contributed by atoms with Crippen LogP contribution in [0.2, 0.25) is 0 Å². The SMILES string of the molecule is Cc1cc(C(=O)N(C)C)ccc1C1=CCN(Cc2cc3c(-c4ccc(N)c[n+]4[O-])ccnc3n2C)CC1. The summed E-state index contributed by atoms with van der Waals surface area (Å²) in [6, 6.07) is 13.5. The van der Waals surface area contributed by atoms with Gasteiger partial charge in [-0.05, 0) is 60.4 Å². The molecular weight excluding hydrogens is 464 g/mol. The van der Waals surface area contributed by atoms with Gasteiger partial charge >= 0.3 is 0 Å². The Morgan fingerprint density at radius 2 is 1.97 bits per heavy atom. The number of aromatic nitrogens is 3. The Morgan fingerprint density at radius 1 is 1.16 bits per heavy atom. The van der Waals surface area contributed by atoms with Crippen LogP contribution in [-0.2, 0) is 13.6 Å². The van der Waals surface area contributed by atoms with Gasteiger partial charge in [-0.2, -0.15) is 4.73 Å². The molecule has 0 aliphatic carbocycles. The predicted molar refractivity (Wildman–Crippen MR) is 147 cm³/mol. The molecule has 1 aliphatic heterocycles. The third-order valence-corrected chi connectivity index (χ3v) is 7.15. The molecule has 5 rings (SSSR count). The third kappa shape index (κ3) is 4.68. The Balaban J connectivity index is 1.36. The van der Waals surface area contributed by atoms with Crippen molar-refractivity contribution in [2.75, 3.05) is 32.9 Å². The molecule has 1 aliphatic rings. The number of hydrogen-bond acceptors (Lipinski definition) is 5. The van der Waals surface area contributed by atoms with Crippen LogP contribution in [0.3, 0.4) is 0 Å². The second-order valence-corrected chi connectivity index (χ2v) is 9.91. The molecule has 0 bridgehead atoms. The quantitative estimate of drug-likeness (QED) is 0.335. The van der Waals surface area contributed by atoms with E-state index in [0.717, 1.165) is 64.2 Å². The number of anilines is 1. The number of rotatable bonds is 5. The summed E-state index contributed by atoms with van der Waals surface area (Å²) >= 11 is 0. The van der Waals surface area contributed by atoms with Crippen molar-refractivity contribution < 1.29 is 9.52 Å². The lowest BCUT2D eigenvalue weighted by molar-refractivity contribution is -0.592. The lowest BCUT2D eigenvalue weighted by Gasteiger charge is -2.27. The van der Waals surface area contributed by atoms with E-state index in [-0.39, 0.29) is 5.91 Å². The number of carbonyl (C=O) groups excluding carboxylic acids is 1. The summed E-state index contributed by atoms with van der Waals surface area (Å²) in [5.74, 6) is 0.0208. The van der Waals surface area contributed by atoms with E-state index in [0.29, 0.717) is 11.4 Å². The Morgan fingerprint density at radius 3 is 2.65 bits per heavy atom. The number of benzene rings is 1. The number of hydrogen-bond donors (Lipinski definition) is 1. The minimum atomic E-state index is 0.0208. The van der Waals surface area contributed by atoms with Crippen molar-refractivity contribution in [2.24, 2.45) is 7.05 Å². The molecule has 0 spiro atoms. The van der Waals surface area contributed by atoms with Crippen molar-refractivity contribution in [3.8, 4) is 11.3 Å². The fourth-order valence-electron chi connectivity index (χ4n) is 5.10. The molecule has 0 unspecified atom stereocenters. The zero-order valence-corrected chi connectivity index (χ0v) is 21.7. The zero-order chi connectivity index (χ0) is 26.3. The van der Waals surface area contributed by atoms with Gasteiger partial charge in [0.15, 0.2) is 0 Å². The van der Waals surface area contributed by atoms with Crippen molar-refractivity contribution in [1.82, 2.24) is 19.4 Å². The lowest BCUT2D eigenvalue weighted by atomic mass is 9.94. The lowest BCUT2D eigenvalue weighted by Crippen LogP contribution is -2.29. The Labute approximate surface area is 216 Å². The van der Waals surface area contributed by atoms with Crippen LogP contribution in [0, 0.1) is 12.1 Å². The van der Waals surface area contributed by atoms with E-state index in [9.17, 15) is 10.0 Å². The maximum atomic E-state index is 12.5. The third-order valence-electron chi connectivity index (χ3n) is 7.15. The van der Waals surface area contributed by atoms with E-state index in [1.54, 1.807) is 37.3 Å². The zero-order valence-electron chi connectivity index (χ0n) is 21.7. The molecule has 1 amide bonds. The fourth-order valence-corrected chi connectivity index (χ4v) is 5.10. The summed E-state index contributed by atoms with van der Waals surface area (Å²) in [7, 11) is 5.57. The Bertz CT molecular complexity index is 1540. The minimum absolute atomic E-state index is 0.0208. The van der Waals surface area contributed by atoms with E-state index >= 15 is 0 Å². The van der Waals surface area contributed by atoms with Gasteiger partial charge in [0.1, 0.15) is 5.65 Å². The fraction of sp³-hybridized carbons (Fsp3) is 0.276. The van der Waals surface area contributed by atoms with E-state index in [1.807, 2.05) is 25.2 Å². The van der Waals surface area contributed by atoms with Crippen LogP contribution in [0.4, 0.5) is 5.69 Å². The highest BCUT2D eigenvalue weighted by molar-refractivity contribution is 5.94. The predicted octanol–water partition coefficient (Wildman–Crippen LogP) is 3.76. The number of aryl methyl sites for hydroxylation is 2. The maximum Gasteiger partial charge on any atom is 0.253 e. The maximum absolute atomic E-state index is 12.5. The van der Waals surface area contributed by atoms with Crippen LogP contribution in [-0.4, -0.2) is 52.4 Å². The first-order valence-corrected chi connectivity index (χ1v) is 12.4. The average molecular weight is 497 g/mol. The van der Waals surface area contributed by atoms with Crippen LogP contribution in [0.1, 0.15) is 33.6 Å². The Kier molecular flexibility index (Phi) is 6.43. The van der Waals surface area contributed by atoms with Crippen LogP contribution < -0.4 is 10.5 Å². The van der Waals surface area contributed by atoms with E-state index in [2.05, 4.69) is 39.6 Å². The summed E-state index contributed by atoms with van der Waals surface area (Å²) in [6.07, 6.45) is 6.36.